The molecule has 0 amide bonds. The Hall–Kier alpha value is -0.580. The van der Waals surface area contributed by atoms with Crippen LogP contribution in [-0.4, -0.2) is 44.5 Å². The molecule has 0 radical (unpaired) electrons. The molecular weight excluding hydrogens is 286 g/mol. The molecule has 1 unspecified atom stereocenters. The molecule has 1 rings (SSSR count). The highest BCUT2D eigenvalue weighted by Gasteiger charge is 2.34. The van der Waals surface area contributed by atoms with E-state index in [0.29, 0.717) is 11.4 Å². The van der Waals surface area contributed by atoms with E-state index >= 15 is 0 Å². The molecule has 1 heterocycles. The molecule has 4 nitrogen and oxygen atoms in total. The van der Waals surface area contributed by atoms with E-state index in [1.165, 1.54) is 0 Å². The summed E-state index contributed by atoms with van der Waals surface area (Å²) >= 11 is 6.44. The van der Waals surface area contributed by atoms with Crippen molar-refractivity contribution in [3.8, 4) is 0 Å². The molecule has 0 saturated carbocycles. The van der Waals surface area contributed by atoms with E-state index in [9.17, 15) is 5.11 Å². The Bertz CT molecular complexity index is 453. The molecule has 5 heteroatoms. The molecular formula is C16H30ClN3O. The summed E-state index contributed by atoms with van der Waals surface area (Å²) in [6.45, 7) is 15.1. The van der Waals surface area contributed by atoms with Gasteiger partial charge in [0, 0.05) is 18.5 Å². The minimum atomic E-state index is -0.485. The summed E-state index contributed by atoms with van der Waals surface area (Å²) in [4.78, 5) is 2.28. The van der Waals surface area contributed by atoms with Gasteiger partial charge in [0.1, 0.15) is 0 Å². The highest BCUT2D eigenvalue weighted by atomic mass is 35.5. The van der Waals surface area contributed by atoms with Crippen LogP contribution in [0.4, 0.5) is 0 Å². The maximum Gasteiger partial charge on any atom is 0.0850 e. The lowest BCUT2D eigenvalue weighted by Gasteiger charge is -2.41. The van der Waals surface area contributed by atoms with Crippen LogP contribution in [-0.2, 0) is 19.4 Å². The van der Waals surface area contributed by atoms with Crippen LogP contribution in [0, 0.1) is 0 Å². The van der Waals surface area contributed by atoms with Gasteiger partial charge in [-0.05, 0) is 40.3 Å². The highest BCUT2D eigenvalue weighted by molar-refractivity contribution is 6.31. The van der Waals surface area contributed by atoms with Gasteiger partial charge in [0.25, 0.3) is 0 Å². The van der Waals surface area contributed by atoms with Crippen molar-refractivity contribution in [1.29, 1.82) is 0 Å². The van der Waals surface area contributed by atoms with Crippen molar-refractivity contribution < 1.29 is 5.11 Å². The normalized spacial score (nSPS) is 14.0. The summed E-state index contributed by atoms with van der Waals surface area (Å²) in [5.41, 5.74) is 1.58. The minimum absolute atomic E-state index is 0.290. The molecule has 1 N–H and O–H groups in total. The van der Waals surface area contributed by atoms with Crippen LogP contribution in [0.1, 0.15) is 52.9 Å². The topological polar surface area (TPSA) is 41.3 Å². The van der Waals surface area contributed by atoms with Gasteiger partial charge in [-0.25, -0.2) is 0 Å². The zero-order valence-corrected chi connectivity index (χ0v) is 15.0. The lowest BCUT2D eigenvalue weighted by atomic mass is 9.91. The predicted molar refractivity (Wildman–Crippen MR) is 89.0 cm³/mol. The lowest BCUT2D eigenvalue weighted by Crippen LogP contribution is -2.53. The second kappa shape index (κ2) is 7.61. The fourth-order valence-corrected chi connectivity index (χ4v) is 3.24. The van der Waals surface area contributed by atoms with Gasteiger partial charge in [-0.1, -0.05) is 32.4 Å². The number of hydrogen-bond acceptors (Lipinski definition) is 3. The molecule has 0 aromatic carbocycles. The summed E-state index contributed by atoms with van der Waals surface area (Å²) < 4.78 is 1.92. The summed E-state index contributed by atoms with van der Waals surface area (Å²) in [5, 5.41) is 16.0. The fraction of sp³-hybridized carbons (Fsp3) is 0.812. The first-order valence-electron chi connectivity index (χ1n) is 8.00. The number of likely N-dealkylation sites (N-methyl/N-ethyl adjacent to an activating group) is 1. The van der Waals surface area contributed by atoms with Gasteiger partial charge in [-0.3, -0.25) is 9.58 Å². The molecule has 0 fully saturated rings. The summed E-state index contributed by atoms with van der Waals surface area (Å²) in [6, 6.07) is 0. The van der Waals surface area contributed by atoms with Gasteiger partial charge < -0.3 is 5.11 Å². The van der Waals surface area contributed by atoms with Crippen molar-refractivity contribution >= 4 is 11.6 Å². The number of aliphatic hydroxyl groups is 1. The largest absolute Gasteiger partial charge is 0.391 e. The van der Waals surface area contributed by atoms with Crippen molar-refractivity contribution in [2.75, 3.05) is 13.1 Å². The molecule has 21 heavy (non-hydrogen) atoms. The molecule has 0 bridgehead atoms. The van der Waals surface area contributed by atoms with Crippen molar-refractivity contribution in [1.82, 2.24) is 14.7 Å². The smallest absolute Gasteiger partial charge is 0.0850 e. The van der Waals surface area contributed by atoms with Gasteiger partial charge in [0.15, 0.2) is 0 Å². The molecule has 0 aliphatic rings. The third-order valence-corrected chi connectivity index (χ3v) is 4.91. The van der Waals surface area contributed by atoms with Gasteiger partial charge in [0.05, 0.1) is 22.5 Å². The number of nitrogens with zero attached hydrogens (tertiary/aromatic N) is 3. The Balaban J connectivity index is 3.02. The number of rotatable bonds is 8. The predicted octanol–water partition coefficient (Wildman–Crippen LogP) is 3.14. The molecule has 122 valence electrons. The van der Waals surface area contributed by atoms with Crippen LogP contribution >= 0.6 is 11.6 Å². The highest BCUT2D eigenvalue weighted by Crippen LogP contribution is 2.27. The molecule has 0 aliphatic heterocycles. The summed E-state index contributed by atoms with van der Waals surface area (Å²) in [6.07, 6.45) is 0.860. The van der Waals surface area contributed by atoms with Crippen LogP contribution in [0.15, 0.2) is 0 Å². The molecule has 0 spiro atoms. The summed E-state index contributed by atoms with van der Waals surface area (Å²) in [7, 11) is 0. The molecule has 1 atom stereocenters. The van der Waals surface area contributed by atoms with Gasteiger partial charge in [-0.15, -0.1) is 0 Å². The average molecular weight is 316 g/mol. The van der Waals surface area contributed by atoms with Crippen LogP contribution in [0.25, 0.3) is 0 Å². The lowest BCUT2D eigenvalue weighted by molar-refractivity contribution is -0.00514. The minimum Gasteiger partial charge on any atom is -0.391 e. The quantitative estimate of drug-likeness (QED) is 0.801. The summed E-state index contributed by atoms with van der Waals surface area (Å²) in [5.74, 6) is 0. The fourth-order valence-electron chi connectivity index (χ4n) is 2.89. The van der Waals surface area contributed by atoms with Crippen molar-refractivity contribution in [2.24, 2.45) is 0 Å². The number of aromatic nitrogens is 2. The van der Waals surface area contributed by atoms with E-state index < -0.39 is 6.10 Å². The number of aryl methyl sites for hydroxylation is 2. The van der Waals surface area contributed by atoms with Crippen molar-refractivity contribution in [3.63, 3.8) is 0 Å². The Morgan fingerprint density at radius 3 is 2.24 bits per heavy atom. The molecule has 0 aliphatic carbocycles. The number of halogens is 1. The molecule has 1 aromatic rings. The van der Waals surface area contributed by atoms with Crippen LogP contribution in [0.3, 0.4) is 0 Å². The van der Waals surface area contributed by atoms with E-state index in [4.69, 9.17) is 11.6 Å². The third kappa shape index (κ3) is 3.79. The third-order valence-electron chi connectivity index (χ3n) is 4.47. The number of aliphatic hydroxyl groups excluding tert-OH is 1. The first kappa shape index (κ1) is 18.5. The SMILES string of the molecule is CCc1nn(CC)c(CC(O)C(C)(C)N(CC)CC)c1Cl. The maximum atomic E-state index is 10.7. The first-order chi connectivity index (χ1) is 9.83. The van der Waals surface area contributed by atoms with Crippen molar-refractivity contribution in [3.05, 3.63) is 16.4 Å². The first-order valence-corrected chi connectivity index (χ1v) is 8.38. The van der Waals surface area contributed by atoms with Crippen LogP contribution < -0.4 is 0 Å². The molecule has 0 saturated heterocycles. The van der Waals surface area contributed by atoms with E-state index in [1.807, 2.05) is 18.5 Å². The van der Waals surface area contributed by atoms with Gasteiger partial charge >= 0.3 is 0 Å². The molecule has 1 aromatic heterocycles. The Morgan fingerprint density at radius 1 is 1.24 bits per heavy atom. The second-order valence-corrected chi connectivity index (χ2v) is 6.30. The van der Waals surface area contributed by atoms with E-state index in [2.05, 4.69) is 37.7 Å². The zero-order chi connectivity index (χ0) is 16.2. The second-order valence-electron chi connectivity index (χ2n) is 5.92. The number of hydrogen-bond donors (Lipinski definition) is 1. The van der Waals surface area contributed by atoms with E-state index in [-0.39, 0.29) is 5.54 Å². The Morgan fingerprint density at radius 2 is 1.81 bits per heavy atom. The van der Waals surface area contributed by atoms with Crippen LogP contribution in [0.2, 0.25) is 5.02 Å². The standard InChI is InChI=1S/C16H30ClN3O/c1-7-12-15(17)13(20(10-4)18-12)11-14(21)16(5,6)19(8-2)9-3/h14,21H,7-11H2,1-6H3. The monoisotopic (exact) mass is 315 g/mol. The van der Waals surface area contributed by atoms with Gasteiger partial charge in [-0.2, -0.15) is 5.10 Å². The Labute approximate surface area is 134 Å². The zero-order valence-electron chi connectivity index (χ0n) is 14.3. The Kier molecular flexibility index (Phi) is 6.70. The van der Waals surface area contributed by atoms with Crippen LogP contribution in [0.5, 0.6) is 0 Å². The van der Waals surface area contributed by atoms with Crippen molar-refractivity contribution in [2.45, 2.75) is 72.6 Å². The maximum absolute atomic E-state index is 10.7. The average Bonchev–Trinajstić information content (AvgIpc) is 2.76. The van der Waals surface area contributed by atoms with Gasteiger partial charge in [0.2, 0.25) is 0 Å². The van der Waals surface area contributed by atoms with E-state index in [0.717, 1.165) is 37.4 Å². The van der Waals surface area contributed by atoms with E-state index in [1.54, 1.807) is 0 Å².